The molecule has 1 aromatic heterocycles. The SMILES string of the molecule is Cc1ccccc1-c1cc(=O)oc2cc(N(C)CC(=O)NCC(F)(F)F)ccc12. The summed E-state index contributed by atoms with van der Waals surface area (Å²) in [5.41, 5.74) is 2.98. The van der Waals surface area contributed by atoms with Crippen molar-refractivity contribution in [2.45, 2.75) is 13.1 Å². The molecule has 1 N–H and O–H groups in total. The average Bonchev–Trinajstić information content (AvgIpc) is 2.65. The molecule has 3 aromatic rings. The van der Waals surface area contributed by atoms with Gasteiger partial charge in [-0.15, -0.1) is 0 Å². The fourth-order valence-corrected chi connectivity index (χ4v) is 3.05. The summed E-state index contributed by atoms with van der Waals surface area (Å²) in [5.74, 6) is -0.764. The van der Waals surface area contributed by atoms with Crippen LogP contribution in [0.1, 0.15) is 5.56 Å². The highest BCUT2D eigenvalue weighted by molar-refractivity contribution is 5.95. The highest BCUT2D eigenvalue weighted by Crippen LogP contribution is 2.31. The van der Waals surface area contributed by atoms with Gasteiger partial charge in [-0.05, 0) is 30.2 Å². The molecule has 0 unspecified atom stereocenters. The van der Waals surface area contributed by atoms with Crippen LogP contribution in [-0.2, 0) is 4.79 Å². The van der Waals surface area contributed by atoms with Gasteiger partial charge in [-0.3, -0.25) is 4.79 Å². The molecule has 0 saturated heterocycles. The Morgan fingerprint density at radius 2 is 1.83 bits per heavy atom. The molecule has 0 saturated carbocycles. The zero-order valence-corrected chi connectivity index (χ0v) is 15.8. The van der Waals surface area contributed by atoms with Crippen LogP contribution in [0.4, 0.5) is 18.9 Å². The van der Waals surface area contributed by atoms with E-state index in [0.29, 0.717) is 11.3 Å². The number of alkyl halides is 3. The second-order valence-corrected chi connectivity index (χ2v) is 6.72. The van der Waals surface area contributed by atoms with Gasteiger partial charge in [0.15, 0.2) is 0 Å². The van der Waals surface area contributed by atoms with Gasteiger partial charge < -0.3 is 14.6 Å². The van der Waals surface area contributed by atoms with Gasteiger partial charge >= 0.3 is 11.8 Å². The number of hydrogen-bond acceptors (Lipinski definition) is 4. The average molecular weight is 404 g/mol. The minimum Gasteiger partial charge on any atom is -0.423 e. The fraction of sp³-hybridized carbons (Fsp3) is 0.238. The van der Waals surface area contributed by atoms with Gasteiger partial charge in [-0.2, -0.15) is 13.2 Å². The normalized spacial score (nSPS) is 11.5. The maximum Gasteiger partial charge on any atom is 0.405 e. The summed E-state index contributed by atoms with van der Waals surface area (Å²) < 4.78 is 42.0. The predicted octanol–water partition coefficient (Wildman–Crippen LogP) is 3.88. The first-order valence-electron chi connectivity index (χ1n) is 8.82. The molecule has 0 aliphatic rings. The lowest BCUT2D eigenvalue weighted by Gasteiger charge is -2.19. The van der Waals surface area contributed by atoms with Gasteiger partial charge in [0.2, 0.25) is 5.91 Å². The van der Waals surface area contributed by atoms with Gasteiger partial charge in [0.1, 0.15) is 12.1 Å². The van der Waals surface area contributed by atoms with Crippen LogP contribution in [0, 0.1) is 6.92 Å². The van der Waals surface area contributed by atoms with Crippen molar-refractivity contribution in [2.75, 3.05) is 25.0 Å². The molecule has 1 heterocycles. The number of carbonyl (C=O) groups excluding carboxylic acids is 1. The van der Waals surface area contributed by atoms with Crippen molar-refractivity contribution in [1.29, 1.82) is 0 Å². The first-order valence-corrected chi connectivity index (χ1v) is 8.82. The summed E-state index contributed by atoms with van der Waals surface area (Å²) in [5, 5.41) is 2.55. The van der Waals surface area contributed by atoms with E-state index in [1.165, 1.54) is 11.0 Å². The Labute approximate surface area is 164 Å². The number of halogens is 3. The van der Waals surface area contributed by atoms with Crippen molar-refractivity contribution in [2.24, 2.45) is 0 Å². The largest absolute Gasteiger partial charge is 0.423 e. The lowest BCUT2D eigenvalue weighted by Crippen LogP contribution is -2.39. The molecule has 152 valence electrons. The smallest absolute Gasteiger partial charge is 0.405 e. The molecular weight excluding hydrogens is 385 g/mol. The van der Waals surface area contributed by atoms with Crippen LogP contribution in [0.25, 0.3) is 22.1 Å². The molecule has 0 bridgehead atoms. The first kappa shape index (κ1) is 20.4. The molecule has 0 aliphatic heterocycles. The van der Waals surface area contributed by atoms with Gasteiger partial charge in [0.05, 0.1) is 6.54 Å². The maximum atomic E-state index is 12.2. The van der Waals surface area contributed by atoms with Crippen LogP contribution in [0.15, 0.2) is 57.7 Å². The van der Waals surface area contributed by atoms with Crippen molar-refractivity contribution in [3.63, 3.8) is 0 Å². The van der Waals surface area contributed by atoms with Crippen LogP contribution >= 0.6 is 0 Å². The van der Waals surface area contributed by atoms with E-state index < -0.39 is 24.3 Å². The molecule has 2 aromatic carbocycles. The standard InChI is InChI=1S/C21H19F3N2O3/c1-13-5-3-4-6-15(13)17-10-20(28)29-18-9-14(7-8-16(17)18)26(2)11-19(27)25-12-21(22,23)24/h3-10H,11-12H2,1-2H3,(H,25,27). The Morgan fingerprint density at radius 3 is 2.52 bits per heavy atom. The predicted molar refractivity (Wildman–Crippen MR) is 105 cm³/mol. The molecule has 0 fully saturated rings. The minimum atomic E-state index is -4.47. The zero-order chi connectivity index (χ0) is 21.2. The quantitative estimate of drug-likeness (QED) is 0.656. The Kier molecular flexibility index (Phi) is 5.63. The van der Waals surface area contributed by atoms with Crippen LogP contribution in [-0.4, -0.2) is 32.2 Å². The van der Waals surface area contributed by atoms with Gasteiger partial charge in [0.25, 0.3) is 0 Å². The monoisotopic (exact) mass is 404 g/mol. The number of nitrogens with zero attached hydrogens (tertiary/aromatic N) is 1. The molecule has 1 amide bonds. The number of rotatable bonds is 5. The van der Waals surface area contributed by atoms with Gasteiger partial charge in [0, 0.05) is 35.8 Å². The second kappa shape index (κ2) is 7.98. The third kappa shape index (κ3) is 4.96. The highest BCUT2D eigenvalue weighted by Gasteiger charge is 2.27. The Balaban J connectivity index is 1.90. The lowest BCUT2D eigenvalue weighted by molar-refractivity contribution is -0.137. The highest BCUT2D eigenvalue weighted by atomic mass is 19.4. The number of likely N-dealkylation sites (N-methyl/N-ethyl adjacent to an activating group) is 1. The van der Waals surface area contributed by atoms with Crippen LogP contribution < -0.4 is 15.8 Å². The van der Waals surface area contributed by atoms with Crippen LogP contribution in [0.2, 0.25) is 0 Å². The molecule has 0 atom stereocenters. The van der Waals surface area contributed by atoms with Crippen LogP contribution in [0.3, 0.4) is 0 Å². The second-order valence-electron chi connectivity index (χ2n) is 6.72. The summed E-state index contributed by atoms with van der Waals surface area (Å²) in [4.78, 5) is 25.3. The Hall–Kier alpha value is -3.29. The van der Waals surface area contributed by atoms with E-state index in [1.807, 2.05) is 36.5 Å². The Morgan fingerprint density at radius 1 is 1.10 bits per heavy atom. The molecule has 5 nitrogen and oxygen atoms in total. The molecule has 0 radical (unpaired) electrons. The number of aryl methyl sites for hydroxylation is 1. The van der Waals surface area contributed by atoms with E-state index in [-0.39, 0.29) is 6.54 Å². The maximum absolute atomic E-state index is 12.2. The topological polar surface area (TPSA) is 62.6 Å². The Bertz CT molecular complexity index is 1110. The van der Waals surface area contributed by atoms with E-state index in [4.69, 9.17) is 4.42 Å². The number of fused-ring (bicyclic) bond motifs is 1. The van der Waals surface area contributed by atoms with Crippen molar-refractivity contribution >= 4 is 22.6 Å². The first-order chi connectivity index (χ1) is 13.6. The number of amides is 1. The molecule has 0 aliphatic carbocycles. The molecule has 3 rings (SSSR count). The third-order valence-corrected chi connectivity index (χ3v) is 4.47. The number of hydrogen-bond donors (Lipinski definition) is 1. The molecule has 29 heavy (non-hydrogen) atoms. The van der Waals surface area contributed by atoms with Crippen molar-refractivity contribution in [3.8, 4) is 11.1 Å². The summed E-state index contributed by atoms with van der Waals surface area (Å²) in [7, 11) is 1.57. The number of benzene rings is 2. The van der Waals surface area contributed by atoms with E-state index in [2.05, 4.69) is 0 Å². The zero-order valence-electron chi connectivity index (χ0n) is 15.8. The number of carbonyl (C=O) groups is 1. The number of nitrogens with one attached hydrogen (secondary N) is 1. The molecule has 0 spiro atoms. The van der Waals surface area contributed by atoms with Crippen LogP contribution in [0.5, 0.6) is 0 Å². The summed E-state index contributed by atoms with van der Waals surface area (Å²) >= 11 is 0. The van der Waals surface area contributed by atoms with Gasteiger partial charge in [-0.1, -0.05) is 24.3 Å². The molecule has 8 heteroatoms. The van der Waals surface area contributed by atoms with E-state index >= 15 is 0 Å². The fourth-order valence-electron chi connectivity index (χ4n) is 3.05. The summed E-state index contributed by atoms with van der Waals surface area (Å²) in [6.45, 7) is 0.285. The summed E-state index contributed by atoms with van der Waals surface area (Å²) in [6.07, 6.45) is -4.47. The number of anilines is 1. The molecular formula is C21H19F3N2O3. The van der Waals surface area contributed by atoms with Crippen molar-refractivity contribution in [1.82, 2.24) is 5.32 Å². The van der Waals surface area contributed by atoms with Crippen molar-refractivity contribution in [3.05, 3.63) is 64.5 Å². The van der Waals surface area contributed by atoms with Gasteiger partial charge in [-0.25, -0.2) is 4.79 Å². The van der Waals surface area contributed by atoms with E-state index in [9.17, 15) is 22.8 Å². The minimum absolute atomic E-state index is 0.275. The third-order valence-electron chi connectivity index (χ3n) is 4.47. The van der Waals surface area contributed by atoms with E-state index in [1.54, 1.807) is 25.2 Å². The van der Waals surface area contributed by atoms with E-state index in [0.717, 1.165) is 22.1 Å². The van der Waals surface area contributed by atoms with Crippen molar-refractivity contribution < 1.29 is 22.4 Å². The lowest BCUT2D eigenvalue weighted by atomic mass is 9.98. The summed E-state index contributed by atoms with van der Waals surface area (Å²) in [6, 6.07) is 14.1.